The molecule has 0 spiro atoms. The summed E-state index contributed by atoms with van der Waals surface area (Å²) in [6.07, 6.45) is 0. The van der Waals surface area contributed by atoms with Crippen molar-refractivity contribution in [3.05, 3.63) is 35.9 Å². The molecule has 1 saturated heterocycles. The highest BCUT2D eigenvalue weighted by Crippen LogP contribution is 2.24. The number of anilines is 1. The number of fused-ring (bicyclic) bond motifs is 1. The average molecular weight is 266 g/mol. The Morgan fingerprint density at radius 3 is 2.85 bits per heavy atom. The van der Waals surface area contributed by atoms with Gasteiger partial charge in [0.05, 0.1) is 17.6 Å². The second-order valence-corrected chi connectivity index (χ2v) is 4.90. The van der Waals surface area contributed by atoms with E-state index in [4.69, 9.17) is 0 Å². The highest BCUT2D eigenvalue weighted by molar-refractivity contribution is 5.86. The van der Waals surface area contributed by atoms with Crippen LogP contribution in [0.25, 0.3) is 10.9 Å². The maximum Gasteiger partial charge on any atom is 0.241 e. The van der Waals surface area contributed by atoms with Gasteiger partial charge in [-0.3, -0.25) is 4.79 Å². The molecule has 3 rings (SSSR count). The van der Waals surface area contributed by atoms with Crippen molar-refractivity contribution in [3.63, 3.8) is 0 Å². The van der Waals surface area contributed by atoms with E-state index in [-0.39, 0.29) is 12.5 Å². The Balaban J connectivity index is 2.06. The van der Waals surface area contributed by atoms with Crippen molar-refractivity contribution in [2.24, 2.45) is 0 Å². The van der Waals surface area contributed by atoms with Gasteiger partial charge in [-0.25, -0.2) is 4.98 Å². The topological polar surface area (TPSA) is 60.2 Å². The Morgan fingerprint density at radius 1 is 1.30 bits per heavy atom. The molecule has 2 aromatic rings. The molecule has 1 aromatic heterocycles. The highest BCUT2D eigenvalue weighted by atomic mass is 16.2. The van der Waals surface area contributed by atoms with E-state index in [9.17, 15) is 10.1 Å². The van der Waals surface area contributed by atoms with Crippen LogP contribution < -0.4 is 4.90 Å². The number of hydrogen-bond donors (Lipinski definition) is 0. The predicted molar refractivity (Wildman–Crippen MR) is 76.3 cm³/mol. The van der Waals surface area contributed by atoms with Crippen LogP contribution >= 0.6 is 0 Å². The number of nitriles is 1. The summed E-state index contributed by atoms with van der Waals surface area (Å²) in [5, 5.41) is 10.3. The number of carbonyl (C=O) groups excluding carboxylic acids is 1. The lowest BCUT2D eigenvalue weighted by Crippen LogP contribution is -2.49. The van der Waals surface area contributed by atoms with Crippen LogP contribution in [-0.4, -0.2) is 42.5 Å². The first-order valence-electron chi connectivity index (χ1n) is 6.48. The lowest BCUT2D eigenvalue weighted by molar-refractivity contribution is -0.129. The SMILES string of the molecule is CN1CCN(c2nc3ccccc3cc2C#N)CC1=O. The number of amides is 1. The van der Waals surface area contributed by atoms with Crippen LogP contribution in [0.3, 0.4) is 0 Å². The number of benzene rings is 1. The summed E-state index contributed by atoms with van der Waals surface area (Å²) in [5.74, 6) is 0.655. The molecule has 0 bridgehead atoms. The number of carbonyl (C=O) groups is 1. The van der Waals surface area contributed by atoms with Crippen LogP contribution in [0.2, 0.25) is 0 Å². The molecule has 0 atom stereocenters. The molecule has 1 aliphatic heterocycles. The van der Waals surface area contributed by atoms with Crippen LogP contribution in [0, 0.1) is 11.3 Å². The van der Waals surface area contributed by atoms with Crippen molar-refractivity contribution in [2.45, 2.75) is 0 Å². The summed E-state index contributed by atoms with van der Waals surface area (Å²) in [4.78, 5) is 20.0. The molecule has 0 unspecified atom stereocenters. The van der Waals surface area contributed by atoms with Crippen molar-refractivity contribution in [1.82, 2.24) is 9.88 Å². The van der Waals surface area contributed by atoms with Crippen LogP contribution in [0.4, 0.5) is 5.82 Å². The second kappa shape index (κ2) is 4.82. The number of hydrogen-bond acceptors (Lipinski definition) is 4. The van der Waals surface area contributed by atoms with Gasteiger partial charge in [0.15, 0.2) is 0 Å². The molecule has 5 heteroatoms. The van der Waals surface area contributed by atoms with Crippen LogP contribution in [0.1, 0.15) is 5.56 Å². The number of rotatable bonds is 1. The number of pyridine rings is 1. The third-order valence-corrected chi connectivity index (χ3v) is 3.58. The minimum Gasteiger partial charge on any atom is -0.344 e. The molecular formula is C15H14N4O. The van der Waals surface area contributed by atoms with E-state index in [0.29, 0.717) is 24.5 Å². The summed E-state index contributed by atoms with van der Waals surface area (Å²) < 4.78 is 0. The predicted octanol–water partition coefficient (Wildman–Crippen LogP) is 1.38. The monoisotopic (exact) mass is 266 g/mol. The van der Waals surface area contributed by atoms with E-state index >= 15 is 0 Å². The van der Waals surface area contributed by atoms with Gasteiger partial charge in [-0.2, -0.15) is 5.26 Å². The Bertz CT molecular complexity index is 719. The average Bonchev–Trinajstić information content (AvgIpc) is 2.48. The maximum atomic E-state index is 11.8. The standard InChI is InChI=1S/C15H14N4O/c1-18-6-7-19(10-14(18)20)15-12(9-16)8-11-4-2-3-5-13(11)17-15/h2-5,8H,6-7,10H2,1H3. The van der Waals surface area contributed by atoms with Gasteiger partial charge < -0.3 is 9.80 Å². The van der Waals surface area contributed by atoms with E-state index in [1.165, 1.54) is 0 Å². The molecule has 1 amide bonds. The maximum absolute atomic E-state index is 11.8. The highest BCUT2D eigenvalue weighted by Gasteiger charge is 2.24. The second-order valence-electron chi connectivity index (χ2n) is 4.90. The van der Waals surface area contributed by atoms with Crippen LogP contribution in [0.15, 0.2) is 30.3 Å². The minimum absolute atomic E-state index is 0.0510. The quantitative estimate of drug-likeness (QED) is 0.782. The normalized spacial score (nSPS) is 15.5. The van der Waals surface area contributed by atoms with Crippen molar-refractivity contribution < 1.29 is 4.79 Å². The zero-order valence-electron chi connectivity index (χ0n) is 11.2. The number of para-hydroxylation sites is 1. The minimum atomic E-state index is 0.0510. The molecule has 20 heavy (non-hydrogen) atoms. The van der Waals surface area contributed by atoms with Crippen molar-refractivity contribution in [1.29, 1.82) is 5.26 Å². The fraction of sp³-hybridized carbons (Fsp3) is 0.267. The molecule has 0 N–H and O–H groups in total. The Kier molecular flexibility index (Phi) is 2.99. The molecule has 1 aliphatic rings. The Morgan fingerprint density at radius 2 is 2.10 bits per heavy atom. The lowest BCUT2D eigenvalue weighted by atomic mass is 10.1. The van der Waals surface area contributed by atoms with E-state index in [1.807, 2.05) is 35.2 Å². The van der Waals surface area contributed by atoms with E-state index < -0.39 is 0 Å². The van der Waals surface area contributed by atoms with Gasteiger partial charge in [0.1, 0.15) is 11.9 Å². The molecule has 1 aromatic carbocycles. The summed E-state index contributed by atoms with van der Waals surface area (Å²) in [7, 11) is 1.79. The molecule has 100 valence electrons. The number of piperazine rings is 1. The first-order chi connectivity index (χ1) is 9.69. The Labute approximate surface area is 117 Å². The largest absolute Gasteiger partial charge is 0.344 e. The summed E-state index contributed by atoms with van der Waals surface area (Å²) in [6, 6.07) is 11.7. The van der Waals surface area contributed by atoms with Crippen molar-refractivity contribution in [2.75, 3.05) is 31.6 Å². The zero-order valence-corrected chi connectivity index (χ0v) is 11.2. The Hall–Kier alpha value is -2.61. The molecular weight excluding hydrogens is 252 g/mol. The fourth-order valence-corrected chi connectivity index (χ4v) is 2.37. The lowest BCUT2D eigenvalue weighted by Gasteiger charge is -2.33. The van der Waals surface area contributed by atoms with Crippen molar-refractivity contribution in [3.8, 4) is 6.07 Å². The van der Waals surface area contributed by atoms with Gasteiger partial charge in [0, 0.05) is 25.5 Å². The third-order valence-electron chi connectivity index (χ3n) is 3.58. The molecule has 0 aliphatic carbocycles. The van der Waals surface area contributed by atoms with Gasteiger partial charge >= 0.3 is 0 Å². The fourth-order valence-electron chi connectivity index (χ4n) is 2.37. The molecule has 1 fully saturated rings. The van der Waals surface area contributed by atoms with E-state index in [1.54, 1.807) is 11.9 Å². The van der Waals surface area contributed by atoms with Gasteiger partial charge in [-0.05, 0) is 12.1 Å². The van der Waals surface area contributed by atoms with E-state index in [2.05, 4.69) is 11.1 Å². The summed E-state index contributed by atoms with van der Waals surface area (Å²) in [6.45, 7) is 1.62. The van der Waals surface area contributed by atoms with Crippen LogP contribution in [0.5, 0.6) is 0 Å². The summed E-state index contributed by atoms with van der Waals surface area (Å²) in [5.41, 5.74) is 1.36. The molecule has 2 heterocycles. The van der Waals surface area contributed by atoms with Crippen molar-refractivity contribution >= 4 is 22.6 Å². The first kappa shape index (κ1) is 12.4. The number of nitrogens with zero attached hydrogens (tertiary/aromatic N) is 4. The van der Waals surface area contributed by atoms with Gasteiger partial charge in [0.2, 0.25) is 5.91 Å². The van der Waals surface area contributed by atoms with E-state index in [0.717, 1.165) is 10.9 Å². The van der Waals surface area contributed by atoms with Gasteiger partial charge in [-0.1, -0.05) is 18.2 Å². The third kappa shape index (κ3) is 2.05. The van der Waals surface area contributed by atoms with Gasteiger partial charge in [-0.15, -0.1) is 0 Å². The molecule has 0 radical (unpaired) electrons. The zero-order chi connectivity index (χ0) is 14.1. The molecule has 0 saturated carbocycles. The summed E-state index contributed by atoms with van der Waals surface area (Å²) >= 11 is 0. The van der Waals surface area contributed by atoms with Gasteiger partial charge in [0.25, 0.3) is 0 Å². The number of aromatic nitrogens is 1. The number of likely N-dealkylation sites (N-methyl/N-ethyl adjacent to an activating group) is 1. The smallest absolute Gasteiger partial charge is 0.241 e. The van der Waals surface area contributed by atoms with Crippen LogP contribution in [-0.2, 0) is 4.79 Å². The first-order valence-corrected chi connectivity index (χ1v) is 6.48. The molecule has 5 nitrogen and oxygen atoms in total.